The van der Waals surface area contributed by atoms with Crippen LogP contribution in [0.5, 0.6) is 0 Å². The predicted octanol–water partition coefficient (Wildman–Crippen LogP) is -3.43. The monoisotopic (exact) mass is 496 g/mol. The Morgan fingerprint density at radius 1 is 0.853 bits per heavy atom. The zero-order chi connectivity index (χ0) is 25.2. The van der Waals surface area contributed by atoms with Gasteiger partial charge in [0.2, 0.25) is 0 Å². The minimum absolute atomic E-state index is 0.128. The van der Waals surface area contributed by atoms with E-state index >= 15 is 0 Å². The SMILES string of the molecule is C[C@H]1C(N2CC[C@H](O)NC2=O)O[C@H](CO)[C@H]1O.O=C1N[C@H](O)CCN1C1O[C@H](CO)[C@@H](O)[C@H]1F. The molecular weight excluding hydrogens is 463 g/mol. The summed E-state index contributed by atoms with van der Waals surface area (Å²) in [6.45, 7) is 1.47. The van der Waals surface area contributed by atoms with Crippen LogP contribution < -0.4 is 10.6 Å². The molecule has 0 aromatic carbocycles. The van der Waals surface area contributed by atoms with E-state index in [4.69, 9.17) is 19.7 Å². The number of rotatable bonds is 4. The first-order valence-corrected chi connectivity index (χ1v) is 11.1. The van der Waals surface area contributed by atoms with Gasteiger partial charge in [0, 0.05) is 31.8 Å². The molecule has 0 bridgehead atoms. The van der Waals surface area contributed by atoms with Crippen molar-refractivity contribution in [1.29, 1.82) is 0 Å². The van der Waals surface area contributed by atoms with Crippen molar-refractivity contribution in [3.8, 4) is 0 Å². The van der Waals surface area contributed by atoms with Crippen molar-refractivity contribution in [2.24, 2.45) is 5.92 Å². The maximum atomic E-state index is 13.7. The van der Waals surface area contributed by atoms with Crippen LogP contribution in [0.3, 0.4) is 0 Å². The molecule has 10 atom stereocenters. The quantitative estimate of drug-likeness (QED) is 0.193. The van der Waals surface area contributed by atoms with Crippen LogP contribution in [-0.2, 0) is 9.47 Å². The molecule has 0 radical (unpaired) electrons. The van der Waals surface area contributed by atoms with E-state index in [1.165, 1.54) is 4.90 Å². The Kier molecular flexibility index (Phi) is 8.86. The van der Waals surface area contributed by atoms with Crippen molar-refractivity contribution in [3.05, 3.63) is 0 Å². The number of aliphatic hydroxyl groups is 6. The van der Waals surface area contributed by atoms with E-state index in [-0.39, 0.29) is 25.5 Å². The third kappa shape index (κ3) is 5.52. The topological polar surface area (TPSA) is 205 Å². The fraction of sp³-hybridized carbons (Fsp3) is 0.895. The van der Waals surface area contributed by atoms with Crippen molar-refractivity contribution >= 4 is 12.1 Å². The number of halogens is 1. The summed E-state index contributed by atoms with van der Waals surface area (Å²) in [5, 5.41) is 60.2. The number of alkyl halides is 1. The second kappa shape index (κ2) is 11.3. The van der Waals surface area contributed by atoms with Gasteiger partial charge in [0.25, 0.3) is 0 Å². The van der Waals surface area contributed by atoms with Gasteiger partial charge >= 0.3 is 12.1 Å². The van der Waals surface area contributed by atoms with Gasteiger partial charge in [0.1, 0.15) is 37.0 Å². The van der Waals surface area contributed by atoms with Gasteiger partial charge < -0.3 is 50.7 Å². The van der Waals surface area contributed by atoms with E-state index in [1.807, 2.05) is 0 Å². The number of aliphatic hydroxyl groups excluding tert-OH is 6. The van der Waals surface area contributed by atoms with Crippen LogP contribution in [-0.4, -0.2) is 134 Å². The highest BCUT2D eigenvalue weighted by molar-refractivity contribution is 5.75. The van der Waals surface area contributed by atoms with E-state index in [9.17, 15) is 34.4 Å². The summed E-state index contributed by atoms with van der Waals surface area (Å²) in [7, 11) is 0. The van der Waals surface area contributed by atoms with Gasteiger partial charge in [-0.1, -0.05) is 6.92 Å². The largest absolute Gasteiger partial charge is 0.394 e. The molecule has 15 heteroatoms. The number of hydrogen-bond donors (Lipinski definition) is 8. The van der Waals surface area contributed by atoms with Crippen molar-refractivity contribution in [2.45, 2.75) is 75.3 Å². The van der Waals surface area contributed by atoms with Crippen LogP contribution in [0, 0.1) is 5.92 Å². The lowest BCUT2D eigenvalue weighted by atomic mass is 10.0. The number of urea groups is 2. The zero-order valence-electron chi connectivity index (χ0n) is 18.6. The molecule has 0 spiro atoms. The number of amides is 4. The predicted molar refractivity (Wildman–Crippen MR) is 109 cm³/mol. The van der Waals surface area contributed by atoms with Gasteiger partial charge in [-0.15, -0.1) is 0 Å². The van der Waals surface area contributed by atoms with Gasteiger partial charge in [-0.2, -0.15) is 0 Å². The highest BCUT2D eigenvalue weighted by Gasteiger charge is 2.49. The molecule has 0 aliphatic carbocycles. The van der Waals surface area contributed by atoms with E-state index < -0.39 is 74.2 Å². The molecule has 8 N–H and O–H groups in total. The lowest BCUT2D eigenvalue weighted by molar-refractivity contribution is -0.0804. The first kappa shape index (κ1) is 26.7. The van der Waals surface area contributed by atoms with Crippen LogP contribution in [0.15, 0.2) is 0 Å². The molecule has 14 nitrogen and oxygen atoms in total. The van der Waals surface area contributed by atoms with Gasteiger partial charge in [0.15, 0.2) is 12.4 Å². The molecule has 4 amide bonds. The maximum Gasteiger partial charge on any atom is 0.321 e. The summed E-state index contributed by atoms with van der Waals surface area (Å²) in [5.41, 5.74) is 0. The van der Waals surface area contributed by atoms with Crippen molar-refractivity contribution in [1.82, 2.24) is 20.4 Å². The summed E-state index contributed by atoms with van der Waals surface area (Å²) in [5.74, 6) is -0.270. The summed E-state index contributed by atoms with van der Waals surface area (Å²) in [6, 6.07) is -1.06. The molecule has 4 saturated heterocycles. The lowest BCUT2D eigenvalue weighted by Crippen LogP contribution is -2.57. The molecule has 4 aliphatic rings. The van der Waals surface area contributed by atoms with Crippen LogP contribution >= 0.6 is 0 Å². The number of carbonyl (C=O) groups is 2. The van der Waals surface area contributed by atoms with Gasteiger partial charge in [-0.25, -0.2) is 14.0 Å². The Hall–Kier alpha value is -1.85. The molecule has 4 heterocycles. The Morgan fingerprint density at radius 3 is 1.71 bits per heavy atom. The lowest BCUT2D eigenvalue weighted by Gasteiger charge is -2.36. The molecule has 4 aliphatic heterocycles. The first-order valence-electron chi connectivity index (χ1n) is 11.1. The number of nitrogens with one attached hydrogen (secondary N) is 2. The minimum atomic E-state index is -1.77. The molecule has 0 aromatic rings. The molecule has 0 aromatic heterocycles. The molecular formula is C19H33FN4O10. The standard InChI is InChI=1S/C10H18N2O5.C9H15FN2O5/c1-5-8(15)6(4-13)17-9(5)12-3-2-7(14)11-10(12)16;10-6-7(15)4(3-13)17-8(6)12-2-1-5(14)11-9(12)16/h5-9,13-15H,2-4H2,1H3,(H,11,16);4-8,13-15H,1-3H2,(H,11,16)/t5-,6-,7+,8+,9?;4-,5-,6-,7-,8?/m11/s1. The average Bonchev–Trinajstić information content (AvgIpc) is 3.24. The van der Waals surface area contributed by atoms with Crippen LogP contribution in [0.1, 0.15) is 19.8 Å². The maximum absolute atomic E-state index is 13.7. The van der Waals surface area contributed by atoms with Gasteiger partial charge in [-0.3, -0.25) is 9.80 Å². The van der Waals surface area contributed by atoms with E-state index in [2.05, 4.69) is 10.6 Å². The molecule has 4 fully saturated rings. The third-order valence-electron chi connectivity index (χ3n) is 6.34. The summed E-state index contributed by atoms with van der Waals surface area (Å²) in [4.78, 5) is 25.7. The number of hydrogen-bond acceptors (Lipinski definition) is 10. The van der Waals surface area contributed by atoms with E-state index in [1.54, 1.807) is 6.92 Å². The van der Waals surface area contributed by atoms with Crippen LogP contribution in [0.4, 0.5) is 14.0 Å². The molecule has 2 unspecified atom stereocenters. The second-order valence-electron chi connectivity index (χ2n) is 8.67. The number of ether oxygens (including phenoxy) is 2. The second-order valence-corrected chi connectivity index (χ2v) is 8.67. The fourth-order valence-corrected chi connectivity index (χ4v) is 4.31. The fourth-order valence-electron chi connectivity index (χ4n) is 4.31. The van der Waals surface area contributed by atoms with Crippen molar-refractivity contribution in [3.63, 3.8) is 0 Å². The van der Waals surface area contributed by atoms with Crippen molar-refractivity contribution in [2.75, 3.05) is 26.3 Å². The van der Waals surface area contributed by atoms with Crippen LogP contribution in [0.25, 0.3) is 0 Å². The summed E-state index contributed by atoms with van der Waals surface area (Å²) >= 11 is 0. The highest BCUT2D eigenvalue weighted by atomic mass is 19.1. The van der Waals surface area contributed by atoms with E-state index in [0.29, 0.717) is 13.0 Å². The highest BCUT2D eigenvalue weighted by Crippen LogP contribution is 2.30. The smallest absolute Gasteiger partial charge is 0.321 e. The molecule has 34 heavy (non-hydrogen) atoms. The normalized spacial score (nSPS) is 42.7. The van der Waals surface area contributed by atoms with Crippen LogP contribution in [0.2, 0.25) is 0 Å². The zero-order valence-corrected chi connectivity index (χ0v) is 18.6. The van der Waals surface area contributed by atoms with E-state index in [0.717, 1.165) is 4.90 Å². The summed E-state index contributed by atoms with van der Waals surface area (Å²) in [6.07, 6.45) is -8.60. The first-order chi connectivity index (χ1) is 16.1. The third-order valence-corrected chi connectivity index (χ3v) is 6.34. The summed E-state index contributed by atoms with van der Waals surface area (Å²) < 4.78 is 24.3. The Labute approximate surface area is 194 Å². The van der Waals surface area contributed by atoms with Gasteiger partial charge in [-0.05, 0) is 0 Å². The number of carbonyl (C=O) groups excluding carboxylic acids is 2. The Balaban J connectivity index is 0.000000191. The van der Waals surface area contributed by atoms with Crippen molar-refractivity contribution < 1.29 is 54.1 Å². The Morgan fingerprint density at radius 2 is 1.29 bits per heavy atom. The molecule has 4 rings (SSSR count). The van der Waals surface area contributed by atoms with Gasteiger partial charge in [0.05, 0.1) is 19.3 Å². The molecule has 196 valence electrons. The Bertz CT molecular complexity index is 665. The number of nitrogens with zero attached hydrogens (tertiary/aromatic N) is 2. The minimum Gasteiger partial charge on any atom is -0.394 e. The average molecular weight is 496 g/mol. The molecule has 0 saturated carbocycles.